The summed E-state index contributed by atoms with van der Waals surface area (Å²) in [6.45, 7) is 15.6. The van der Waals surface area contributed by atoms with E-state index < -0.39 is 0 Å². The molecule has 0 aromatic heterocycles. The highest BCUT2D eigenvalue weighted by molar-refractivity contribution is 6.48. The summed E-state index contributed by atoms with van der Waals surface area (Å²) in [5, 5.41) is 23.7. The first kappa shape index (κ1) is 65.9. The van der Waals surface area contributed by atoms with Crippen LogP contribution in [-0.2, 0) is 16.2 Å². The van der Waals surface area contributed by atoms with Gasteiger partial charge < -0.3 is 14.7 Å². The largest absolute Gasteiger partial charge is 0.334 e. The quantitative estimate of drug-likeness (QED) is 0.150. The van der Waals surface area contributed by atoms with Crippen molar-refractivity contribution in [3.63, 3.8) is 0 Å². The summed E-state index contributed by atoms with van der Waals surface area (Å²) >= 11 is 0. The molecule has 3 heteroatoms. The van der Waals surface area contributed by atoms with Gasteiger partial charge in [0, 0.05) is 66.5 Å². The SMILES string of the molecule is CC12CCCCC1(C)N(c1cccc3ccccc13)c1ccc(-c3ccc4c5c(-c6ccccc6)c6c7ccc(-c8ccc9c(c8)C8(C)CCCCC8(C)N9c8cccc9ccccc89)c8c(-c9ccc%10c(c9)C9(C)CCCCC9(C)N%10c9cccc%10ccccc9%10)ccc(c6c(-c6ccccc6)c5c5cccc3c54)c87)cc12. The molecule has 24 rings (SSSR count). The van der Waals surface area contributed by atoms with E-state index in [9.17, 15) is 0 Å². The van der Waals surface area contributed by atoms with Gasteiger partial charge in [0.25, 0.3) is 0 Å². The minimum atomic E-state index is -0.134. The van der Waals surface area contributed by atoms with Gasteiger partial charge in [0.15, 0.2) is 0 Å². The van der Waals surface area contributed by atoms with E-state index >= 15 is 0 Å². The van der Waals surface area contributed by atoms with Crippen molar-refractivity contribution >= 4 is 131 Å². The standard InChI is InChI=1S/C110H91N3/c1-105-59-19-22-62-108(105,4)111(90-44-25-36-68-29-13-16-39-77(68)90)93-56-47-73(65-87(93)105)76-50-53-84-98-82(76)42-28-43-83(98)101-96(71-32-9-7-10-33-71)103-85-54-51-80(74-48-57-94-88(66-74)106(2)60-20-23-63-109(106,5)112(94)91-45-26-37-69-30-14-17-40-78(69)91)99-81(52-55-86(100(85)99)104(103)97(102(84)101)72-34-11-8-12-35-72)75-49-58-95-89(67-75)107(3)61-21-24-64-110(107,6)113(95)92-46-27-38-70-31-15-18-41-79(70)92/h7-18,25-58,65-67H,19-24,59-64H2,1-6H3. The van der Waals surface area contributed by atoms with Crippen LogP contribution in [0.25, 0.3) is 153 Å². The molecule has 0 N–H and O–H groups in total. The van der Waals surface area contributed by atoms with Gasteiger partial charge in [-0.1, -0.05) is 302 Å². The lowest BCUT2D eigenvalue weighted by atomic mass is 9.61. The van der Waals surface area contributed by atoms with Crippen molar-refractivity contribution < 1.29 is 0 Å². The van der Waals surface area contributed by atoms with Crippen LogP contribution in [0.3, 0.4) is 0 Å². The van der Waals surface area contributed by atoms with Crippen LogP contribution in [0.1, 0.15) is 135 Å². The molecule has 0 spiro atoms. The van der Waals surface area contributed by atoms with Crippen LogP contribution in [0.4, 0.5) is 34.1 Å². The molecule has 6 atom stereocenters. The van der Waals surface area contributed by atoms with Crippen molar-refractivity contribution in [1.29, 1.82) is 0 Å². The first-order chi connectivity index (χ1) is 55.3. The van der Waals surface area contributed by atoms with Crippen LogP contribution >= 0.6 is 0 Å². The summed E-state index contributed by atoms with van der Waals surface area (Å²) in [4.78, 5) is 8.36. The Morgan fingerprint density at radius 2 is 0.504 bits per heavy atom. The highest BCUT2D eigenvalue weighted by atomic mass is 15.3. The van der Waals surface area contributed by atoms with Crippen molar-refractivity contribution in [3.8, 4) is 55.6 Å². The molecule has 113 heavy (non-hydrogen) atoms. The monoisotopic (exact) mass is 1450 g/mol. The molecule has 546 valence electrons. The van der Waals surface area contributed by atoms with E-state index in [0.29, 0.717) is 0 Å². The van der Waals surface area contributed by atoms with E-state index in [1.807, 2.05) is 0 Å². The molecule has 3 fully saturated rings. The first-order valence-electron chi connectivity index (χ1n) is 42.1. The smallest absolute Gasteiger partial charge is 0.0518 e. The zero-order chi connectivity index (χ0) is 75.2. The Morgan fingerprint density at radius 3 is 0.903 bits per heavy atom. The summed E-state index contributed by atoms with van der Waals surface area (Å²) in [7, 11) is 0. The van der Waals surface area contributed by atoms with Crippen LogP contribution in [0, 0.1) is 0 Å². The molecule has 0 amide bonds. The molecule has 18 aromatic carbocycles. The second-order valence-electron chi connectivity index (χ2n) is 36.1. The van der Waals surface area contributed by atoms with Crippen LogP contribution < -0.4 is 14.7 Å². The molecule has 3 aliphatic heterocycles. The molecule has 0 radical (unpaired) electrons. The third-order valence-corrected chi connectivity index (χ3v) is 31.2. The van der Waals surface area contributed by atoms with Crippen LogP contribution in [0.15, 0.2) is 297 Å². The molecule has 3 aliphatic carbocycles. The van der Waals surface area contributed by atoms with Crippen molar-refractivity contribution in [2.45, 2.75) is 151 Å². The van der Waals surface area contributed by atoms with Gasteiger partial charge >= 0.3 is 0 Å². The van der Waals surface area contributed by atoms with Crippen LogP contribution in [0.2, 0.25) is 0 Å². The van der Waals surface area contributed by atoms with Gasteiger partial charge in [-0.15, -0.1) is 0 Å². The van der Waals surface area contributed by atoms with Gasteiger partial charge in [0.05, 0.1) is 16.6 Å². The van der Waals surface area contributed by atoms with Crippen molar-refractivity contribution in [2.75, 3.05) is 14.7 Å². The third-order valence-electron chi connectivity index (χ3n) is 31.2. The minimum Gasteiger partial charge on any atom is -0.334 e. The van der Waals surface area contributed by atoms with Gasteiger partial charge in [-0.05, 0) is 267 Å². The number of rotatable bonds is 8. The van der Waals surface area contributed by atoms with Gasteiger partial charge in [-0.2, -0.15) is 0 Å². The highest BCUT2D eigenvalue weighted by Crippen LogP contribution is 2.67. The molecule has 3 heterocycles. The van der Waals surface area contributed by atoms with Crippen molar-refractivity contribution in [3.05, 3.63) is 314 Å². The summed E-state index contributed by atoms with van der Waals surface area (Å²) < 4.78 is 0. The summed E-state index contributed by atoms with van der Waals surface area (Å²) in [5.41, 5.74) is 24.6. The van der Waals surface area contributed by atoms with Crippen LogP contribution in [-0.4, -0.2) is 16.6 Å². The predicted octanol–water partition coefficient (Wildman–Crippen LogP) is 30.5. The summed E-state index contributed by atoms with van der Waals surface area (Å²) in [6.07, 6.45) is 14.2. The fourth-order valence-corrected chi connectivity index (χ4v) is 25.1. The Bertz CT molecular complexity index is 6780. The van der Waals surface area contributed by atoms with E-state index in [0.717, 1.165) is 38.5 Å². The molecule has 6 aliphatic rings. The Kier molecular flexibility index (Phi) is 13.7. The average molecular weight is 1450 g/mol. The highest BCUT2D eigenvalue weighted by Gasteiger charge is 2.61. The predicted molar refractivity (Wildman–Crippen MR) is 482 cm³/mol. The molecular formula is C110H91N3. The Labute approximate surface area is 662 Å². The number of nitrogens with zero attached hydrogens (tertiary/aromatic N) is 3. The lowest BCUT2D eigenvalue weighted by Gasteiger charge is -2.50. The number of hydrogen-bond donors (Lipinski definition) is 0. The zero-order valence-electron chi connectivity index (χ0n) is 65.6. The first-order valence-corrected chi connectivity index (χ1v) is 42.1. The topological polar surface area (TPSA) is 9.72 Å². The maximum absolute atomic E-state index is 2.79. The maximum Gasteiger partial charge on any atom is 0.0518 e. The second-order valence-corrected chi connectivity index (χ2v) is 36.1. The van der Waals surface area contributed by atoms with Gasteiger partial charge in [-0.3, -0.25) is 0 Å². The van der Waals surface area contributed by atoms with Crippen LogP contribution in [0.5, 0.6) is 0 Å². The zero-order valence-corrected chi connectivity index (χ0v) is 65.6. The molecule has 18 aromatic rings. The Balaban J connectivity index is 0.778. The molecule has 6 unspecified atom stereocenters. The van der Waals surface area contributed by atoms with Gasteiger partial charge in [-0.25, -0.2) is 0 Å². The van der Waals surface area contributed by atoms with Gasteiger partial charge in [0.1, 0.15) is 0 Å². The van der Waals surface area contributed by atoms with E-state index in [4.69, 9.17) is 0 Å². The second kappa shape index (κ2) is 23.4. The van der Waals surface area contributed by atoms with E-state index in [1.165, 1.54) is 242 Å². The number of hydrogen-bond acceptors (Lipinski definition) is 3. The third kappa shape index (κ3) is 8.50. The number of benzene rings is 16. The lowest BCUT2D eigenvalue weighted by Crippen LogP contribution is -2.54. The van der Waals surface area contributed by atoms with Gasteiger partial charge in [0.2, 0.25) is 0 Å². The fourth-order valence-electron chi connectivity index (χ4n) is 25.1. The Morgan fingerprint density at radius 1 is 0.204 bits per heavy atom. The number of fused-ring (bicyclic) bond motifs is 18. The Hall–Kier alpha value is -11.8. The normalized spacial score (nSPS) is 23.2. The average Bonchev–Trinajstić information content (AvgIpc) is 1.53. The summed E-state index contributed by atoms with van der Waals surface area (Å²) in [6, 6.07) is 117. The van der Waals surface area contributed by atoms with E-state index in [1.54, 1.807) is 0 Å². The van der Waals surface area contributed by atoms with Crippen molar-refractivity contribution in [1.82, 2.24) is 0 Å². The fraction of sp³-hybridized carbons (Fsp3) is 0.218. The molecule has 0 bridgehead atoms. The minimum absolute atomic E-state index is 0.0523. The molecule has 3 nitrogen and oxygen atoms in total. The van der Waals surface area contributed by atoms with E-state index in [2.05, 4.69) is 353 Å². The van der Waals surface area contributed by atoms with E-state index in [-0.39, 0.29) is 32.9 Å². The lowest BCUT2D eigenvalue weighted by molar-refractivity contribution is 0.195. The molecular weight excluding hydrogens is 1360 g/mol. The summed E-state index contributed by atoms with van der Waals surface area (Å²) in [5.74, 6) is 0. The maximum atomic E-state index is 2.79. The van der Waals surface area contributed by atoms with Crippen molar-refractivity contribution in [2.24, 2.45) is 0 Å². The molecule has 0 saturated heterocycles. The number of anilines is 6. The molecule has 3 saturated carbocycles.